The molecule has 712 valence electrons. The molecule has 4 N–H and O–H groups in total. The standard InChI is InChI=1S/C28H18O4.C17H20O4.C16H12O5.C15H16O2.2C12H8O3.C11H14O2.C3H8.C2H6/c29-25-15-13-23(17-7-1-3-9-19(17)25)28(22-12-6-5-11-21(22)27(31)32-28)24-14-16-26(30)20-10-4-2-8-18(20)24;1-2-17(9-3-4-10-17)15(19)12-21-16(20)14-7-5-13(11-18)6-8-14;17-8-10-5-6-14(13-4-2-1-3-12(10)13)16(19)21-11-7-15(18)20-9-11;1-15(2,3)17-14-9-8-11(10-16)12-6-4-5-7-13(12)14;13-7-8-1-2-10-6-11(12(14)15)4-3-9(10)5-8;13-7-8-5-6-11(12(14)15)10-4-2-1-3-9(8)10;1-11(2,3)13-10-6-4-9(8-12)5-7-10;1-3-2;1-2/h1-16,29-30H;5-8,11H,2-4,9-10,12H2,1H3;1-6,8,11H,7,9H2;4-10H,1-3H3;2*1-7H,(H,14,15);4-8H,1-3H3;3H2,1-2H3;1-2H3. The Morgan fingerprint density at radius 3 is 1.32 bits per heavy atom. The average Bonchev–Trinajstić information content (AvgIpc) is 1.56. The summed E-state index contributed by atoms with van der Waals surface area (Å²) in [6.07, 6.45) is 10.2. The van der Waals surface area contributed by atoms with Crippen molar-refractivity contribution in [2.24, 2.45) is 5.41 Å². The fraction of sp³-hybridized carbons (Fsp3) is 0.216. The lowest BCUT2D eigenvalue weighted by Gasteiger charge is -2.32. The van der Waals surface area contributed by atoms with E-state index in [1.807, 2.05) is 172 Å². The molecule has 0 spiro atoms. The van der Waals surface area contributed by atoms with Crippen molar-refractivity contribution in [2.75, 3.05) is 13.2 Å². The van der Waals surface area contributed by atoms with E-state index >= 15 is 0 Å². The molecule has 139 heavy (non-hydrogen) atoms. The number of carbonyl (C=O) groups excluding carboxylic acids is 11. The smallest absolute Gasteiger partial charge is 0.340 e. The maximum absolute atomic E-state index is 13.1. The molecular weight excluding hydrogens is 1760 g/mol. The summed E-state index contributed by atoms with van der Waals surface area (Å²) in [5.74, 6) is -1.79. The van der Waals surface area contributed by atoms with Crippen molar-refractivity contribution in [1.29, 1.82) is 0 Å². The second kappa shape index (κ2) is 48.7. The van der Waals surface area contributed by atoms with Gasteiger partial charge in [0.2, 0.25) is 0 Å². The van der Waals surface area contributed by atoms with Gasteiger partial charge in [-0.1, -0.05) is 236 Å². The number of phenolic OH excluding ortho intramolecular Hbond substituents is 2. The van der Waals surface area contributed by atoms with Crippen LogP contribution in [-0.2, 0) is 34.1 Å². The van der Waals surface area contributed by atoms with Crippen molar-refractivity contribution in [3.8, 4) is 23.0 Å². The summed E-state index contributed by atoms with van der Waals surface area (Å²) in [6, 6.07) is 84.2. The monoisotopic (exact) mass is 1870 g/mol. The molecule has 1 saturated heterocycles. The molecule has 1 aliphatic carbocycles. The minimum absolute atomic E-state index is 0.0281. The second-order valence-electron chi connectivity index (χ2n) is 34.4. The van der Waals surface area contributed by atoms with Gasteiger partial charge < -0.3 is 48.8 Å². The van der Waals surface area contributed by atoms with Crippen LogP contribution in [0.3, 0.4) is 0 Å². The molecule has 1 unspecified atom stereocenters. The number of ether oxygens (including phenoxy) is 6. The first-order valence-electron chi connectivity index (χ1n) is 45.5. The largest absolute Gasteiger partial charge is 0.507 e. The minimum Gasteiger partial charge on any atom is -0.507 e. The Bertz CT molecular complexity index is 6900. The maximum atomic E-state index is 13.1. The van der Waals surface area contributed by atoms with Gasteiger partial charge in [0.15, 0.2) is 36.8 Å². The number of rotatable bonds is 19. The fourth-order valence-electron chi connectivity index (χ4n) is 16.1. The van der Waals surface area contributed by atoms with Crippen LogP contribution in [0.25, 0.3) is 64.6 Å². The second-order valence-corrected chi connectivity index (χ2v) is 34.4. The third-order valence-corrected chi connectivity index (χ3v) is 22.6. The van der Waals surface area contributed by atoms with Gasteiger partial charge in [0, 0.05) is 71.6 Å². The number of carboxylic acid groups (broad SMARTS) is 2. The van der Waals surface area contributed by atoms with Crippen LogP contribution >= 0.6 is 0 Å². The number of carbonyl (C=O) groups is 13. The molecule has 1 saturated carbocycles. The van der Waals surface area contributed by atoms with E-state index in [1.54, 1.807) is 152 Å². The number of ketones is 1. The quantitative estimate of drug-likeness (QED) is 0.0332. The molecule has 1 atom stereocenters. The molecule has 23 heteroatoms. The maximum Gasteiger partial charge on any atom is 0.340 e. The highest BCUT2D eigenvalue weighted by Crippen LogP contribution is 2.52. The molecule has 0 aromatic heterocycles. The zero-order chi connectivity index (χ0) is 101. The molecule has 3 aliphatic rings. The Balaban J connectivity index is 0.000000169. The lowest BCUT2D eigenvalue weighted by Crippen LogP contribution is -2.31. The lowest BCUT2D eigenvalue weighted by molar-refractivity contribution is -0.138. The van der Waals surface area contributed by atoms with Crippen LogP contribution < -0.4 is 9.47 Å². The summed E-state index contributed by atoms with van der Waals surface area (Å²) in [7, 11) is 0. The highest BCUT2D eigenvalue weighted by Gasteiger charge is 2.50. The zero-order valence-corrected chi connectivity index (χ0v) is 79.2. The van der Waals surface area contributed by atoms with Crippen LogP contribution in [0.2, 0.25) is 0 Å². The molecule has 0 amide bonds. The van der Waals surface area contributed by atoms with Gasteiger partial charge in [-0.3, -0.25) is 38.4 Å². The molecule has 15 aromatic rings. The minimum atomic E-state index is -1.24. The third-order valence-electron chi connectivity index (χ3n) is 22.6. The van der Waals surface area contributed by atoms with Crippen molar-refractivity contribution in [3.05, 3.63) is 369 Å². The Kier molecular flexibility index (Phi) is 36.6. The fourth-order valence-corrected chi connectivity index (χ4v) is 16.1. The number of benzene rings is 15. The highest BCUT2D eigenvalue weighted by atomic mass is 16.6. The molecular formula is C116H110O23. The molecule has 0 bridgehead atoms. The number of fused-ring (bicyclic) bond motifs is 7. The number of cyclic esters (lactones) is 2. The first-order chi connectivity index (χ1) is 66.8. The van der Waals surface area contributed by atoms with Gasteiger partial charge in [-0.25, -0.2) is 24.0 Å². The molecule has 23 nitrogen and oxygen atoms in total. The number of aromatic hydroxyl groups is 2. The van der Waals surface area contributed by atoms with Crippen molar-refractivity contribution < 1.29 is 111 Å². The normalized spacial score (nSPS) is 13.2. The number of hydrogen-bond acceptors (Lipinski definition) is 21. The summed E-state index contributed by atoms with van der Waals surface area (Å²) in [5.41, 5.74) is 5.44. The van der Waals surface area contributed by atoms with Crippen molar-refractivity contribution in [3.63, 3.8) is 0 Å². The third kappa shape index (κ3) is 26.2. The molecule has 15 aromatic carbocycles. The first-order valence-corrected chi connectivity index (χ1v) is 45.5. The van der Waals surface area contributed by atoms with Crippen LogP contribution in [0, 0.1) is 5.41 Å². The van der Waals surface area contributed by atoms with E-state index in [-0.39, 0.29) is 70.6 Å². The van der Waals surface area contributed by atoms with Gasteiger partial charge in [-0.2, -0.15) is 0 Å². The molecule has 2 heterocycles. The van der Waals surface area contributed by atoms with E-state index < -0.39 is 41.6 Å². The van der Waals surface area contributed by atoms with E-state index in [4.69, 9.17) is 38.6 Å². The summed E-state index contributed by atoms with van der Waals surface area (Å²) in [6.45, 7) is 22.2. The van der Waals surface area contributed by atoms with Gasteiger partial charge in [0.1, 0.15) is 65.8 Å². The number of hydrogen-bond donors (Lipinski definition) is 4. The number of aldehydes is 6. The highest BCUT2D eigenvalue weighted by molar-refractivity contribution is 6.11. The number of aromatic carboxylic acids is 2. The number of Topliss-reactive ketones (excluding diaryl/α,β-unsaturated/α-hetero) is 1. The van der Waals surface area contributed by atoms with Crippen LogP contribution in [0.15, 0.2) is 291 Å². The molecule has 2 fully saturated rings. The Morgan fingerprint density at radius 2 is 0.842 bits per heavy atom. The van der Waals surface area contributed by atoms with Gasteiger partial charge in [0.25, 0.3) is 0 Å². The van der Waals surface area contributed by atoms with Gasteiger partial charge >= 0.3 is 35.8 Å². The van der Waals surface area contributed by atoms with Crippen molar-refractivity contribution in [2.45, 2.75) is 144 Å². The van der Waals surface area contributed by atoms with Crippen LogP contribution in [0.1, 0.15) is 252 Å². The Labute approximate surface area is 805 Å². The van der Waals surface area contributed by atoms with Crippen molar-refractivity contribution >= 4 is 144 Å². The van der Waals surface area contributed by atoms with Gasteiger partial charge in [-0.15, -0.1) is 0 Å². The molecule has 18 rings (SSSR count). The van der Waals surface area contributed by atoms with E-state index in [2.05, 4.69) is 13.8 Å². The van der Waals surface area contributed by atoms with E-state index in [9.17, 15) is 72.5 Å². The van der Waals surface area contributed by atoms with Crippen molar-refractivity contribution in [1.82, 2.24) is 0 Å². The first kappa shape index (κ1) is 105. The summed E-state index contributed by atoms with van der Waals surface area (Å²) in [5, 5.41) is 47.9. The summed E-state index contributed by atoms with van der Waals surface area (Å²) < 4.78 is 32.9. The van der Waals surface area contributed by atoms with E-state index in [0.717, 1.165) is 124 Å². The van der Waals surface area contributed by atoms with Gasteiger partial charge in [0.05, 0.1) is 34.2 Å². The number of phenols is 2. The topological polar surface area (TPSA) is 358 Å². The lowest BCUT2D eigenvalue weighted by atomic mass is 9.76. The molecule has 2 aliphatic heterocycles. The zero-order valence-electron chi connectivity index (χ0n) is 79.2. The molecule has 0 radical (unpaired) electrons. The summed E-state index contributed by atoms with van der Waals surface area (Å²) in [4.78, 5) is 146. The average molecular weight is 1870 g/mol. The summed E-state index contributed by atoms with van der Waals surface area (Å²) >= 11 is 0. The SMILES string of the molecule is CC.CC(C)(C)Oc1ccc(C=O)c2ccccc12.CC(C)(C)Oc1ccc(C=O)cc1.CCC.CCC1(C(=O)COC(=O)c2ccc(C=O)cc2)CCCC1.O=C1OC(c2ccc(O)c3ccccc23)(c2ccc(O)c3ccccc23)c2ccccc21.O=Cc1ccc(C(=O)O)c2ccccc12.O=Cc1ccc(C(=O)OC2COC(=O)C2)c2ccccc12.O=Cc1ccc2cc(C(=O)O)ccc2c1. The number of carboxylic acids is 2. The predicted molar refractivity (Wildman–Crippen MR) is 537 cm³/mol. The van der Waals surface area contributed by atoms with Gasteiger partial charge in [-0.05, 0) is 218 Å². The van der Waals surface area contributed by atoms with E-state index in [0.29, 0.717) is 88.7 Å². The van der Waals surface area contributed by atoms with Crippen LogP contribution in [-0.4, -0.2) is 130 Å². The van der Waals surface area contributed by atoms with E-state index in [1.165, 1.54) is 36.8 Å². The van der Waals surface area contributed by atoms with Crippen LogP contribution in [0.4, 0.5) is 0 Å². The van der Waals surface area contributed by atoms with Crippen LogP contribution in [0.5, 0.6) is 23.0 Å². The Morgan fingerprint density at radius 1 is 0.417 bits per heavy atom. The Hall–Kier alpha value is -16.4. The predicted octanol–water partition coefficient (Wildman–Crippen LogP) is 24.8. The number of esters is 4.